The van der Waals surface area contributed by atoms with Crippen molar-refractivity contribution in [2.45, 2.75) is 32.6 Å². The maximum Gasteiger partial charge on any atom is 0.220 e. The van der Waals surface area contributed by atoms with E-state index in [0.29, 0.717) is 32.2 Å². The predicted molar refractivity (Wildman–Crippen MR) is 80.5 cm³/mol. The molecule has 0 saturated carbocycles. The quantitative estimate of drug-likeness (QED) is 0.761. The van der Waals surface area contributed by atoms with Gasteiger partial charge in [-0.15, -0.1) is 11.3 Å². The maximum absolute atomic E-state index is 11.7. The third-order valence-electron chi connectivity index (χ3n) is 2.98. The van der Waals surface area contributed by atoms with Gasteiger partial charge in [0.25, 0.3) is 0 Å². The topological polar surface area (TPSA) is 72.2 Å². The number of nitrogens with one attached hydrogen (secondary N) is 1. The fourth-order valence-electron chi connectivity index (χ4n) is 1.92. The minimum absolute atomic E-state index is 0.0332. The first kappa shape index (κ1) is 15.4. The number of thiophene rings is 1. The Balaban J connectivity index is 1.58. The molecular weight excluding hydrogens is 288 g/mol. The molecule has 0 saturated heterocycles. The number of ketones is 1. The number of nitrogens with zero attached hydrogens (tertiary/aromatic N) is 1. The minimum atomic E-state index is -0.0332. The second-order valence-corrected chi connectivity index (χ2v) is 5.73. The molecule has 0 radical (unpaired) electrons. The average molecular weight is 306 g/mol. The molecule has 0 aliphatic carbocycles. The Morgan fingerprint density at radius 3 is 2.90 bits per heavy atom. The molecule has 0 bridgehead atoms. The van der Waals surface area contributed by atoms with Gasteiger partial charge in [0.15, 0.2) is 5.78 Å². The summed E-state index contributed by atoms with van der Waals surface area (Å²) >= 11 is 1.44. The summed E-state index contributed by atoms with van der Waals surface area (Å²) in [6, 6.07) is 5.52. The van der Waals surface area contributed by atoms with Crippen LogP contribution in [-0.2, 0) is 11.2 Å². The van der Waals surface area contributed by atoms with Crippen LogP contribution in [0.2, 0.25) is 0 Å². The Kier molecular flexibility index (Phi) is 5.68. The summed E-state index contributed by atoms with van der Waals surface area (Å²) in [5.41, 5.74) is 0.834. The van der Waals surface area contributed by atoms with Crippen LogP contribution in [0.5, 0.6) is 0 Å². The first-order valence-corrected chi connectivity index (χ1v) is 7.78. The van der Waals surface area contributed by atoms with Gasteiger partial charge in [-0.05, 0) is 24.8 Å². The highest BCUT2D eigenvalue weighted by molar-refractivity contribution is 7.12. The first-order valence-electron chi connectivity index (χ1n) is 6.91. The van der Waals surface area contributed by atoms with E-state index in [1.54, 1.807) is 0 Å². The lowest BCUT2D eigenvalue weighted by Crippen LogP contribution is -2.25. The van der Waals surface area contributed by atoms with Gasteiger partial charge in [-0.2, -0.15) is 0 Å². The predicted octanol–water partition coefficient (Wildman–Crippen LogP) is 2.76. The lowest BCUT2D eigenvalue weighted by atomic mass is 10.1. The molecule has 0 aliphatic rings. The lowest BCUT2D eigenvalue weighted by Gasteiger charge is -2.03. The van der Waals surface area contributed by atoms with E-state index in [1.807, 2.05) is 30.5 Å². The van der Waals surface area contributed by atoms with Crippen LogP contribution in [0.3, 0.4) is 0 Å². The number of carbonyl (C=O) groups is 2. The fourth-order valence-corrected chi connectivity index (χ4v) is 2.62. The molecule has 0 aliphatic heterocycles. The largest absolute Gasteiger partial charge is 0.361 e. The summed E-state index contributed by atoms with van der Waals surface area (Å²) in [5, 5.41) is 8.56. The van der Waals surface area contributed by atoms with E-state index in [1.165, 1.54) is 11.3 Å². The number of hydrogen-bond acceptors (Lipinski definition) is 5. The highest BCUT2D eigenvalue weighted by Gasteiger charge is 2.08. The van der Waals surface area contributed by atoms with Crippen LogP contribution in [-0.4, -0.2) is 23.4 Å². The van der Waals surface area contributed by atoms with Gasteiger partial charge < -0.3 is 9.84 Å². The molecule has 2 aromatic heterocycles. The van der Waals surface area contributed by atoms with E-state index < -0.39 is 0 Å². The highest BCUT2D eigenvalue weighted by Crippen LogP contribution is 2.12. The van der Waals surface area contributed by atoms with E-state index in [2.05, 4.69) is 10.5 Å². The minimum Gasteiger partial charge on any atom is -0.361 e. The van der Waals surface area contributed by atoms with Crippen LogP contribution in [0.25, 0.3) is 0 Å². The Hall–Kier alpha value is -1.95. The zero-order valence-electron chi connectivity index (χ0n) is 11.9. The normalized spacial score (nSPS) is 10.5. The number of carbonyl (C=O) groups excluding carboxylic acids is 2. The van der Waals surface area contributed by atoms with E-state index in [4.69, 9.17) is 4.52 Å². The van der Waals surface area contributed by atoms with Crippen LogP contribution >= 0.6 is 11.3 Å². The zero-order valence-corrected chi connectivity index (χ0v) is 12.7. The molecule has 6 heteroatoms. The number of Topliss-reactive ketones (excluding diaryl/α,β-unsaturated/α-hetero) is 1. The van der Waals surface area contributed by atoms with Crippen molar-refractivity contribution in [3.8, 4) is 0 Å². The molecule has 2 rings (SSSR count). The summed E-state index contributed by atoms with van der Waals surface area (Å²) in [6.45, 7) is 2.36. The summed E-state index contributed by atoms with van der Waals surface area (Å²) < 4.78 is 4.95. The van der Waals surface area contributed by atoms with Crippen LogP contribution < -0.4 is 5.32 Å². The second kappa shape index (κ2) is 7.73. The smallest absolute Gasteiger partial charge is 0.220 e. The Morgan fingerprint density at radius 2 is 2.24 bits per heavy atom. The van der Waals surface area contributed by atoms with E-state index >= 15 is 0 Å². The van der Waals surface area contributed by atoms with Gasteiger partial charge in [-0.25, -0.2) is 0 Å². The molecule has 0 unspecified atom stereocenters. The van der Waals surface area contributed by atoms with Crippen molar-refractivity contribution < 1.29 is 14.1 Å². The first-order chi connectivity index (χ1) is 10.1. The SMILES string of the molecule is Cc1cc(CCNC(=O)CCCC(=O)c2cccs2)no1. The Labute approximate surface area is 127 Å². The Morgan fingerprint density at radius 1 is 1.38 bits per heavy atom. The third-order valence-corrected chi connectivity index (χ3v) is 3.89. The lowest BCUT2D eigenvalue weighted by molar-refractivity contribution is -0.121. The van der Waals surface area contributed by atoms with E-state index in [9.17, 15) is 9.59 Å². The Bertz CT molecular complexity index is 590. The molecule has 2 heterocycles. The van der Waals surface area contributed by atoms with Gasteiger partial charge in [0.05, 0.1) is 10.6 Å². The van der Waals surface area contributed by atoms with E-state index in [0.717, 1.165) is 16.3 Å². The molecule has 112 valence electrons. The molecule has 0 atom stereocenters. The number of rotatable bonds is 8. The number of hydrogen-bond donors (Lipinski definition) is 1. The molecule has 0 fully saturated rings. The van der Waals surface area contributed by atoms with Crippen molar-refractivity contribution in [3.63, 3.8) is 0 Å². The molecule has 0 aromatic carbocycles. The average Bonchev–Trinajstić information content (AvgIpc) is 3.10. The van der Waals surface area contributed by atoms with Crippen molar-refractivity contribution in [2.75, 3.05) is 6.54 Å². The van der Waals surface area contributed by atoms with Gasteiger partial charge in [0.2, 0.25) is 5.91 Å². The molecule has 0 spiro atoms. The van der Waals surface area contributed by atoms with Gasteiger partial charge in [-0.3, -0.25) is 9.59 Å². The summed E-state index contributed by atoms with van der Waals surface area (Å²) in [4.78, 5) is 24.2. The van der Waals surface area contributed by atoms with Crippen LogP contribution in [0.4, 0.5) is 0 Å². The van der Waals surface area contributed by atoms with Crippen molar-refractivity contribution in [1.29, 1.82) is 0 Å². The standard InChI is InChI=1S/C15H18N2O3S/c1-11-10-12(17-20-11)7-8-16-15(19)6-2-4-13(18)14-5-3-9-21-14/h3,5,9-10H,2,4,6-8H2,1H3,(H,16,19). The van der Waals surface area contributed by atoms with Crippen molar-refractivity contribution in [2.24, 2.45) is 0 Å². The van der Waals surface area contributed by atoms with Crippen molar-refractivity contribution >= 4 is 23.0 Å². The number of aryl methyl sites for hydroxylation is 1. The number of aromatic nitrogens is 1. The summed E-state index contributed by atoms with van der Waals surface area (Å²) in [5.74, 6) is 0.841. The van der Waals surface area contributed by atoms with Crippen LogP contribution in [0, 0.1) is 6.92 Å². The van der Waals surface area contributed by atoms with Crippen LogP contribution in [0.15, 0.2) is 28.1 Å². The molecule has 2 aromatic rings. The highest BCUT2D eigenvalue weighted by atomic mass is 32.1. The number of amides is 1. The van der Waals surface area contributed by atoms with Gasteiger partial charge >= 0.3 is 0 Å². The maximum atomic E-state index is 11.7. The van der Waals surface area contributed by atoms with Crippen LogP contribution in [0.1, 0.15) is 40.4 Å². The molecule has 5 nitrogen and oxygen atoms in total. The van der Waals surface area contributed by atoms with Gasteiger partial charge in [0.1, 0.15) is 5.76 Å². The van der Waals surface area contributed by atoms with Crippen molar-refractivity contribution in [1.82, 2.24) is 10.5 Å². The van der Waals surface area contributed by atoms with E-state index in [-0.39, 0.29) is 11.7 Å². The molecule has 1 N–H and O–H groups in total. The van der Waals surface area contributed by atoms with Crippen molar-refractivity contribution in [3.05, 3.63) is 39.9 Å². The van der Waals surface area contributed by atoms with Gasteiger partial charge in [0, 0.05) is 31.9 Å². The molecule has 21 heavy (non-hydrogen) atoms. The summed E-state index contributed by atoms with van der Waals surface area (Å²) in [6.07, 6.45) is 2.01. The molecular formula is C15H18N2O3S. The zero-order chi connectivity index (χ0) is 15.1. The van der Waals surface area contributed by atoms with Gasteiger partial charge in [-0.1, -0.05) is 11.2 Å². The monoisotopic (exact) mass is 306 g/mol. The second-order valence-electron chi connectivity index (χ2n) is 4.78. The fraction of sp³-hybridized carbons (Fsp3) is 0.400. The third kappa shape index (κ3) is 5.15. The molecule has 1 amide bonds. The summed E-state index contributed by atoms with van der Waals surface area (Å²) in [7, 11) is 0.